The standard InChI is InChI=1S/C15H25N3O2/c1-17-7-9-18(10-8-17)6-5-16-12-13-3-4-15(20-2)14(19)11-13/h3-4,11,16,19H,5-10,12H2,1-2H3. The molecule has 0 aromatic heterocycles. The van der Waals surface area contributed by atoms with E-state index in [2.05, 4.69) is 22.2 Å². The minimum absolute atomic E-state index is 0.200. The lowest BCUT2D eigenvalue weighted by atomic mass is 10.2. The molecule has 0 unspecified atom stereocenters. The number of phenolic OH excluding ortho intramolecular Hbond substituents is 1. The minimum Gasteiger partial charge on any atom is -0.504 e. The van der Waals surface area contributed by atoms with E-state index in [0.29, 0.717) is 5.75 Å². The van der Waals surface area contributed by atoms with E-state index >= 15 is 0 Å². The molecule has 5 heteroatoms. The van der Waals surface area contributed by atoms with E-state index in [1.165, 1.54) is 0 Å². The largest absolute Gasteiger partial charge is 0.504 e. The average Bonchev–Trinajstić information content (AvgIpc) is 2.46. The molecule has 0 atom stereocenters. The van der Waals surface area contributed by atoms with Gasteiger partial charge in [0, 0.05) is 45.8 Å². The second-order valence-corrected chi connectivity index (χ2v) is 5.33. The van der Waals surface area contributed by atoms with Crippen molar-refractivity contribution in [2.45, 2.75) is 6.54 Å². The van der Waals surface area contributed by atoms with Crippen molar-refractivity contribution < 1.29 is 9.84 Å². The molecule has 0 bridgehead atoms. The Morgan fingerprint density at radius 1 is 1.25 bits per heavy atom. The molecule has 0 radical (unpaired) electrons. The molecule has 1 fully saturated rings. The van der Waals surface area contributed by atoms with Gasteiger partial charge in [-0.25, -0.2) is 0 Å². The molecule has 1 aliphatic heterocycles. The van der Waals surface area contributed by atoms with Gasteiger partial charge in [-0.2, -0.15) is 0 Å². The molecule has 1 aromatic carbocycles. The zero-order chi connectivity index (χ0) is 14.4. The minimum atomic E-state index is 0.200. The second-order valence-electron chi connectivity index (χ2n) is 5.33. The van der Waals surface area contributed by atoms with Gasteiger partial charge in [-0.1, -0.05) is 6.07 Å². The van der Waals surface area contributed by atoms with Gasteiger partial charge in [0.1, 0.15) is 0 Å². The first kappa shape index (κ1) is 15.1. The Hall–Kier alpha value is -1.30. The number of hydrogen-bond acceptors (Lipinski definition) is 5. The first-order valence-corrected chi connectivity index (χ1v) is 7.16. The summed E-state index contributed by atoms with van der Waals surface area (Å²) in [5.74, 6) is 0.719. The van der Waals surface area contributed by atoms with Crippen LogP contribution in [-0.4, -0.2) is 68.3 Å². The SMILES string of the molecule is COc1ccc(CNCCN2CCN(C)CC2)cc1O. The third-order valence-electron chi connectivity index (χ3n) is 3.77. The number of aromatic hydroxyl groups is 1. The van der Waals surface area contributed by atoms with Crippen molar-refractivity contribution >= 4 is 0 Å². The molecule has 0 amide bonds. The van der Waals surface area contributed by atoms with E-state index in [-0.39, 0.29) is 5.75 Å². The number of rotatable bonds is 6. The summed E-state index contributed by atoms with van der Waals surface area (Å²) in [6.07, 6.45) is 0. The molecule has 0 spiro atoms. The highest BCUT2D eigenvalue weighted by atomic mass is 16.5. The van der Waals surface area contributed by atoms with Gasteiger partial charge in [0.2, 0.25) is 0 Å². The van der Waals surface area contributed by atoms with Crippen LogP contribution in [0.15, 0.2) is 18.2 Å². The van der Waals surface area contributed by atoms with Crippen molar-refractivity contribution in [2.75, 3.05) is 53.4 Å². The number of ether oxygens (including phenoxy) is 1. The molecular formula is C15H25N3O2. The predicted octanol–water partition coefficient (Wildman–Crippen LogP) is 0.738. The quantitative estimate of drug-likeness (QED) is 0.752. The summed E-state index contributed by atoms with van der Waals surface area (Å²) in [4.78, 5) is 4.85. The Kier molecular flexibility index (Phi) is 5.64. The monoisotopic (exact) mass is 279 g/mol. The van der Waals surface area contributed by atoms with E-state index < -0.39 is 0 Å². The Labute approximate surface area is 121 Å². The highest BCUT2D eigenvalue weighted by Gasteiger charge is 2.12. The molecule has 2 N–H and O–H groups in total. The fourth-order valence-corrected chi connectivity index (χ4v) is 2.39. The van der Waals surface area contributed by atoms with Crippen molar-refractivity contribution in [3.8, 4) is 11.5 Å². The summed E-state index contributed by atoms with van der Waals surface area (Å²) in [5, 5.41) is 13.1. The molecular weight excluding hydrogens is 254 g/mol. The van der Waals surface area contributed by atoms with Crippen LogP contribution in [0.2, 0.25) is 0 Å². The lowest BCUT2D eigenvalue weighted by Crippen LogP contribution is -2.46. The Morgan fingerprint density at radius 2 is 2.00 bits per heavy atom. The number of hydrogen-bond donors (Lipinski definition) is 2. The van der Waals surface area contributed by atoms with Gasteiger partial charge in [-0.3, -0.25) is 4.90 Å². The maximum Gasteiger partial charge on any atom is 0.160 e. The van der Waals surface area contributed by atoms with Gasteiger partial charge in [0.25, 0.3) is 0 Å². The van der Waals surface area contributed by atoms with Gasteiger partial charge in [-0.15, -0.1) is 0 Å². The smallest absolute Gasteiger partial charge is 0.160 e. The van der Waals surface area contributed by atoms with E-state index in [1.807, 2.05) is 6.07 Å². The zero-order valence-corrected chi connectivity index (χ0v) is 12.4. The maximum atomic E-state index is 9.71. The summed E-state index contributed by atoms with van der Waals surface area (Å²) >= 11 is 0. The molecule has 2 rings (SSSR count). The molecule has 1 aromatic rings. The molecule has 1 saturated heterocycles. The Bertz CT molecular complexity index is 418. The summed E-state index contributed by atoms with van der Waals surface area (Å²) in [6, 6.07) is 5.52. The average molecular weight is 279 g/mol. The van der Waals surface area contributed by atoms with Gasteiger partial charge in [-0.05, 0) is 24.7 Å². The fraction of sp³-hybridized carbons (Fsp3) is 0.600. The van der Waals surface area contributed by atoms with Crippen LogP contribution in [0, 0.1) is 0 Å². The molecule has 112 valence electrons. The zero-order valence-electron chi connectivity index (χ0n) is 12.4. The van der Waals surface area contributed by atoms with E-state index in [9.17, 15) is 5.11 Å². The van der Waals surface area contributed by atoms with Crippen molar-refractivity contribution in [3.63, 3.8) is 0 Å². The van der Waals surface area contributed by atoms with E-state index in [0.717, 1.165) is 51.4 Å². The molecule has 1 heterocycles. The number of nitrogens with one attached hydrogen (secondary N) is 1. The third-order valence-corrected chi connectivity index (χ3v) is 3.77. The maximum absolute atomic E-state index is 9.71. The predicted molar refractivity (Wildman–Crippen MR) is 80.3 cm³/mol. The van der Waals surface area contributed by atoms with Crippen LogP contribution in [0.25, 0.3) is 0 Å². The lowest BCUT2D eigenvalue weighted by Gasteiger charge is -2.32. The number of likely N-dealkylation sites (N-methyl/N-ethyl adjacent to an activating group) is 1. The fourth-order valence-electron chi connectivity index (χ4n) is 2.39. The molecule has 20 heavy (non-hydrogen) atoms. The third kappa shape index (κ3) is 4.37. The lowest BCUT2D eigenvalue weighted by molar-refractivity contribution is 0.154. The summed E-state index contributed by atoms with van der Waals surface area (Å²) in [7, 11) is 3.73. The molecule has 0 aliphatic carbocycles. The van der Waals surface area contributed by atoms with Crippen LogP contribution in [0.4, 0.5) is 0 Å². The highest BCUT2D eigenvalue weighted by molar-refractivity contribution is 5.41. The van der Waals surface area contributed by atoms with Gasteiger partial charge in [0.05, 0.1) is 7.11 Å². The Morgan fingerprint density at radius 3 is 2.65 bits per heavy atom. The number of phenols is 1. The first-order chi connectivity index (χ1) is 9.69. The first-order valence-electron chi connectivity index (χ1n) is 7.16. The van der Waals surface area contributed by atoms with Crippen LogP contribution in [0.5, 0.6) is 11.5 Å². The second kappa shape index (κ2) is 7.47. The number of methoxy groups -OCH3 is 1. The van der Waals surface area contributed by atoms with Crippen molar-refractivity contribution in [2.24, 2.45) is 0 Å². The van der Waals surface area contributed by atoms with Crippen LogP contribution in [-0.2, 0) is 6.54 Å². The molecule has 0 saturated carbocycles. The summed E-state index contributed by atoms with van der Waals surface area (Å²) < 4.78 is 5.03. The van der Waals surface area contributed by atoms with Crippen LogP contribution in [0.1, 0.15) is 5.56 Å². The number of piperazine rings is 1. The topological polar surface area (TPSA) is 48.0 Å². The number of benzene rings is 1. The van der Waals surface area contributed by atoms with Crippen LogP contribution < -0.4 is 10.1 Å². The van der Waals surface area contributed by atoms with E-state index in [4.69, 9.17) is 4.74 Å². The van der Waals surface area contributed by atoms with Gasteiger partial charge < -0.3 is 20.1 Å². The van der Waals surface area contributed by atoms with Crippen LogP contribution >= 0.6 is 0 Å². The van der Waals surface area contributed by atoms with Gasteiger partial charge in [0.15, 0.2) is 11.5 Å². The van der Waals surface area contributed by atoms with Gasteiger partial charge >= 0.3 is 0 Å². The Balaban J connectivity index is 1.67. The van der Waals surface area contributed by atoms with E-state index in [1.54, 1.807) is 19.2 Å². The highest BCUT2D eigenvalue weighted by Crippen LogP contribution is 2.25. The number of nitrogens with zero attached hydrogens (tertiary/aromatic N) is 2. The summed E-state index contributed by atoms with van der Waals surface area (Å²) in [5.41, 5.74) is 1.07. The van der Waals surface area contributed by atoms with Crippen molar-refractivity contribution in [1.29, 1.82) is 0 Å². The van der Waals surface area contributed by atoms with Crippen LogP contribution in [0.3, 0.4) is 0 Å². The molecule has 1 aliphatic rings. The van der Waals surface area contributed by atoms with Crippen molar-refractivity contribution in [1.82, 2.24) is 15.1 Å². The summed E-state index contributed by atoms with van der Waals surface area (Å²) in [6.45, 7) is 7.44. The molecule has 5 nitrogen and oxygen atoms in total. The van der Waals surface area contributed by atoms with Crippen molar-refractivity contribution in [3.05, 3.63) is 23.8 Å². The normalized spacial score (nSPS) is 17.3.